The molecule has 1 aliphatic rings. The first-order valence-electron chi connectivity index (χ1n) is 4.57. The van der Waals surface area contributed by atoms with E-state index >= 15 is 0 Å². The number of fused-ring (bicyclic) bond motifs is 3. The smallest absolute Gasteiger partial charge is 0.197 e. The number of halogens is 1. The Labute approximate surface area is 95.1 Å². The fourth-order valence-corrected chi connectivity index (χ4v) is 2.44. The van der Waals surface area contributed by atoms with E-state index in [-0.39, 0.29) is 5.78 Å². The molecule has 2 nitrogen and oxygen atoms in total. The van der Waals surface area contributed by atoms with E-state index in [1.165, 1.54) is 0 Å². The molecule has 0 amide bonds. The normalized spacial score (nSPS) is 12.5. The second-order valence-corrected chi connectivity index (χ2v) is 4.25. The van der Waals surface area contributed by atoms with Crippen molar-refractivity contribution < 1.29 is 4.79 Å². The Hall–Kier alpha value is -1.48. The number of nitrogens with zero attached hydrogens (tertiary/aromatic N) is 1. The first-order valence-corrected chi connectivity index (χ1v) is 5.37. The number of ketones is 1. The Morgan fingerprint density at radius 3 is 2.73 bits per heavy atom. The van der Waals surface area contributed by atoms with Crippen molar-refractivity contribution >= 4 is 21.7 Å². The van der Waals surface area contributed by atoms with Gasteiger partial charge >= 0.3 is 0 Å². The monoisotopic (exact) mass is 259 g/mol. The van der Waals surface area contributed by atoms with Gasteiger partial charge in [-0.15, -0.1) is 0 Å². The van der Waals surface area contributed by atoms with Crippen LogP contribution in [0.15, 0.2) is 41.0 Å². The molecule has 3 rings (SSSR count). The van der Waals surface area contributed by atoms with Crippen LogP contribution in [0, 0.1) is 0 Å². The molecular weight excluding hydrogens is 254 g/mol. The van der Waals surface area contributed by atoms with Crippen LogP contribution in [0.5, 0.6) is 0 Å². The zero-order chi connectivity index (χ0) is 10.4. The van der Waals surface area contributed by atoms with Crippen molar-refractivity contribution in [3.05, 3.63) is 52.1 Å². The summed E-state index contributed by atoms with van der Waals surface area (Å²) in [7, 11) is 0. The zero-order valence-corrected chi connectivity index (χ0v) is 9.28. The summed E-state index contributed by atoms with van der Waals surface area (Å²) in [6, 6.07) is 9.33. The molecular formula is C12H6BrNO. The van der Waals surface area contributed by atoms with Gasteiger partial charge < -0.3 is 0 Å². The molecule has 1 aromatic carbocycles. The van der Waals surface area contributed by atoms with Crippen molar-refractivity contribution in [2.24, 2.45) is 0 Å². The fraction of sp³-hybridized carbons (Fsp3) is 0. The summed E-state index contributed by atoms with van der Waals surface area (Å²) in [4.78, 5) is 16.3. The molecule has 72 valence electrons. The van der Waals surface area contributed by atoms with E-state index in [4.69, 9.17) is 0 Å². The van der Waals surface area contributed by atoms with Crippen LogP contribution in [-0.2, 0) is 0 Å². The number of benzene rings is 1. The van der Waals surface area contributed by atoms with Gasteiger partial charge in [0.1, 0.15) is 0 Å². The van der Waals surface area contributed by atoms with Crippen molar-refractivity contribution in [3.63, 3.8) is 0 Å². The van der Waals surface area contributed by atoms with Gasteiger partial charge in [0, 0.05) is 27.4 Å². The van der Waals surface area contributed by atoms with Gasteiger partial charge in [0.05, 0.1) is 5.69 Å². The Kier molecular flexibility index (Phi) is 1.76. The summed E-state index contributed by atoms with van der Waals surface area (Å²) in [6.07, 6.45) is 1.71. The predicted octanol–water partition coefficient (Wildman–Crippen LogP) is 3.06. The number of carbonyl (C=O) groups excluding carboxylic acids is 1. The van der Waals surface area contributed by atoms with Crippen molar-refractivity contribution in [1.82, 2.24) is 4.98 Å². The van der Waals surface area contributed by atoms with Crippen LogP contribution in [-0.4, -0.2) is 10.8 Å². The fourth-order valence-electron chi connectivity index (χ4n) is 1.89. The third kappa shape index (κ3) is 1.10. The highest BCUT2D eigenvalue weighted by molar-refractivity contribution is 9.10. The topological polar surface area (TPSA) is 30.0 Å². The minimum Gasteiger partial charge on any atom is -0.288 e. The Bertz CT molecular complexity index is 578. The average Bonchev–Trinajstić information content (AvgIpc) is 2.55. The maximum absolute atomic E-state index is 12.0. The number of aromatic nitrogens is 1. The predicted molar refractivity (Wildman–Crippen MR) is 60.8 cm³/mol. The van der Waals surface area contributed by atoms with Crippen molar-refractivity contribution in [3.8, 4) is 11.3 Å². The molecule has 0 saturated heterocycles. The molecule has 0 atom stereocenters. The number of pyridine rings is 1. The number of hydrogen-bond acceptors (Lipinski definition) is 2. The second-order valence-electron chi connectivity index (χ2n) is 3.39. The average molecular weight is 260 g/mol. The third-order valence-electron chi connectivity index (χ3n) is 2.55. The Balaban J connectivity index is 2.43. The van der Waals surface area contributed by atoms with E-state index < -0.39 is 0 Å². The molecule has 0 aliphatic heterocycles. The van der Waals surface area contributed by atoms with Crippen LogP contribution in [0.4, 0.5) is 0 Å². The lowest BCUT2D eigenvalue weighted by Crippen LogP contribution is -1.95. The number of rotatable bonds is 0. The third-order valence-corrected chi connectivity index (χ3v) is 3.21. The lowest BCUT2D eigenvalue weighted by atomic mass is 10.1. The van der Waals surface area contributed by atoms with Crippen molar-refractivity contribution in [2.75, 3.05) is 0 Å². The van der Waals surface area contributed by atoms with Gasteiger partial charge in [0.2, 0.25) is 0 Å². The number of hydrogen-bond donors (Lipinski definition) is 0. The van der Waals surface area contributed by atoms with Gasteiger partial charge in [0.15, 0.2) is 5.78 Å². The van der Waals surface area contributed by atoms with Crippen LogP contribution in [0.1, 0.15) is 15.9 Å². The molecule has 1 aliphatic carbocycles. The molecule has 2 aromatic rings. The van der Waals surface area contributed by atoms with Crippen molar-refractivity contribution in [2.45, 2.75) is 0 Å². The highest BCUT2D eigenvalue weighted by Gasteiger charge is 2.28. The van der Waals surface area contributed by atoms with Gasteiger partial charge in [-0.25, -0.2) is 0 Å². The molecule has 0 bridgehead atoms. The largest absolute Gasteiger partial charge is 0.288 e. The molecule has 3 heteroatoms. The molecule has 0 fully saturated rings. The molecule has 0 radical (unpaired) electrons. The van der Waals surface area contributed by atoms with Crippen LogP contribution < -0.4 is 0 Å². The standard InChI is InChI=1S/C12H6BrNO/c13-9-5-1-3-7-10(9)12(15)8-4-2-6-14-11(7)8/h1-6H. The van der Waals surface area contributed by atoms with Gasteiger partial charge in [-0.2, -0.15) is 0 Å². The SMILES string of the molecule is O=C1c2cccnc2-c2cccc(Br)c21. The summed E-state index contributed by atoms with van der Waals surface area (Å²) >= 11 is 3.40. The van der Waals surface area contributed by atoms with E-state index in [0.717, 1.165) is 21.3 Å². The zero-order valence-electron chi connectivity index (χ0n) is 7.70. The first kappa shape index (κ1) is 8.80. The highest BCUT2D eigenvalue weighted by atomic mass is 79.9. The highest BCUT2D eigenvalue weighted by Crippen LogP contribution is 2.38. The van der Waals surface area contributed by atoms with Crippen LogP contribution in [0.25, 0.3) is 11.3 Å². The number of carbonyl (C=O) groups is 1. The summed E-state index contributed by atoms with van der Waals surface area (Å²) in [5, 5.41) is 0. The van der Waals surface area contributed by atoms with Gasteiger partial charge in [-0.1, -0.05) is 28.1 Å². The minimum atomic E-state index is 0.0561. The van der Waals surface area contributed by atoms with Crippen molar-refractivity contribution in [1.29, 1.82) is 0 Å². The van der Waals surface area contributed by atoms with E-state index in [2.05, 4.69) is 20.9 Å². The molecule has 0 saturated carbocycles. The molecule has 0 N–H and O–H groups in total. The molecule has 1 heterocycles. The molecule has 15 heavy (non-hydrogen) atoms. The Morgan fingerprint density at radius 2 is 1.87 bits per heavy atom. The summed E-state index contributed by atoms with van der Waals surface area (Å²) in [5.41, 5.74) is 3.13. The lowest BCUT2D eigenvalue weighted by molar-refractivity contribution is 0.104. The first-order chi connectivity index (χ1) is 7.29. The van der Waals surface area contributed by atoms with Crippen LogP contribution in [0.3, 0.4) is 0 Å². The maximum atomic E-state index is 12.0. The van der Waals surface area contributed by atoms with E-state index in [9.17, 15) is 4.79 Å². The lowest BCUT2D eigenvalue weighted by Gasteiger charge is -1.98. The minimum absolute atomic E-state index is 0.0561. The molecule has 1 aromatic heterocycles. The van der Waals surface area contributed by atoms with E-state index in [1.54, 1.807) is 12.3 Å². The van der Waals surface area contributed by atoms with E-state index in [1.807, 2.05) is 24.3 Å². The van der Waals surface area contributed by atoms with Gasteiger partial charge in [-0.3, -0.25) is 9.78 Å². The van der Waals surface area contributed by atoms with Gasteiger partial charge in [0.25, 0.3) is 0 Å². The van der Waals surface area contributed by atoms with E-state index in [0.29, 0.717) is 5.56 Å². The van der Waals surface area contributed by atoms with Crippen LogP contribution >= 0.6 is 15.9 Å². The maximum Gasteiger partial charge on any atom is 0.197 e. The second kappa shape index (κ2) is 3.00. The Morgan fingerprint density at radius 1 is 1.07 bits per heavy atom. The molecule has 0 spiro atoms. The van der Waals surface area contributed by atoms with Gasteiger partial charge in [-0.05, 0) is 18.2 Å². The quantitative estimate of drug-likeness (QED) is 0.621. The summed E-state index contributed by atoms with van der Waals surface area (Å²) in [5.74, 6) is 0.0561. The van der Waals surface area contributed by atoms with Crippen LogP contribution in [0.2, 0.25) is 0 Å². The summed E-state index contributed by atoms with van der Waals surface area (Å²) in [6.45, 7) is 0. The summed E-state index contributed by atoms with van der Waals surface area (Å²) < 4.78 is 0.836. The molecule has 0 unspecified atom stereocenters.